The summed E-state index contributed by atoms with van der Waals surface area (Å²) in [5.74, 6) is -0.749. The van der Waals surface area contributed by atoms with Crippen molar-refractivity contribution in [2.75, 3.05) is 13.2 Å². The number of alkyl carbamates (subject to hydrolysis) is 1. The van der Waals surface area contributed by atoms with E-state index in [0.717, 1.165) is 45.0 Å². The second kappa shape index (κ2) is 10.9. The number of carboxylic acid groups (broad SMARTS) is 1. The number of tetrazole rings is 1. The van der Waals surface area contributed by atoms with Crippen LogP contribution in [0.2, 0.25) is 0 Å². The number of carbonyl (C=O) groups excluding carboxylic acids is 1. The molecular weight excluding hydrogens is 554 g/mol. The second-order valence-corrected chi connectivity index (χ2v) is 10.7. The predicted molar refractivity (Wildman–Crippen MR) is 142 cm³/mol. The van der Waals surface area contributed by atoms with Crippen molar-refractivity contribution in [1.82, 2.24) is 25.9 Å². The zero-order chi connectivity index (χ0) is 26.7. The molecule has 1 amide bonds. The van der Waals surface area contributed by atoms with E-state index >= 15 is 0 Å². The zero-order valence-electron chi connectivity index (χ0n) is 20.8. The average Bonchev–Trinajstić information content (AvgIpc) is 3.69. The number of halogens is 1. The minimum absolute atomic E-state index is 0.0603. The third-order valence-corrected chi connectivity index (χ3v) is 8.04. The van der Waals surface area contributed by atoms with Crippen molar-refractivity contribution in [1.29, 1.82) is 0 Å². The number of H-pyrrole nitrogens is 1. The summed E-state index contributed by atoms with van der Waals surface area (Å²) in [5, 5.41) is 27.9. The van der Waals surface area contributed by atoms with Gasteiger partial charge < -0.3 is 19.6 Å². The van der Waals surface area contributed by atoms with Crippen molar-refractivity contribution in [2.24, 2.45) is 11.3 Å². The molecule has 2 atom stereocenters. The molecule has 1 aliphatic rings. The average molecular weight is 582 g/mol. The maximum atomic E-state index is 12.6. The Balaban J connectivity index is 1.40. The Morgan fingerprint density at radius 2 is 2.03 bits per heavy atom. The highest BCUT2D eigenvalue weighted by Gasteiger charge is 2.41. The third-order valence-electron chi connectivity index (χ3n) is 7.42. The largest absolute Gasteiger partial charge is 0.481 e. The molecule has 0 spiro atoms. The molecule has 2 aromatic heterocycles. The van der Waals surface area contributed by atoms with Gasteiger partial charge in [0.1, 0.15) is 11.8 Å². The molecular formula is C27H28BrN5O5. The fraction of sp³-hybridized carbons (Fsp3) is 0.370. The number of benzene rings is 2. The number of carboxylic acids is 1. The SMILES string of the molecule is CC(COC(=O)NCC1(C(=O)O)CCCC1)C(c1ccc2occ(Br)c2c1)c1ccccc1-c1nn[nH]n1. The number of hydrogen-bond donors (Lipinski definition) is 3. The van der Waals surface area contributed by atoms with Gasteiger partial charge in [-0.3, -0.25) is 4.79 Å². The molecule has 0 saturated heterocycles. The van der Waals surface area contributed by atoms with E-state index in [0.29, 0.717) is 18.7 Å². The Labute approximate surface area is 227 Å². The van der Waals surface area contributed by atoms with E-state index in [1.54, 1.807) is 6.26 Å². The van der Waals surface area contributed by atoms with Crippen molar-refractivity contribution in [3.63, 3.8) is 0 Å². The standard InChI is InChI=1S/C27H28BrN5O5/c1-16(13-38-26(36)29-15-27(25(34)35)10-4-5-11-27)23(17-8-9-22-20(12-17)21(28)14-37-22)18-6-2-3-7-19(18)24-30-32-33-31-24/h2-3,6-9,12,14,16,23H,4-5,10-11,13,15H2,1H3,(H,29,36)(H,34,35)(H,30,31,32,33). The van der Waals surface area contributed by atoms with Gasteiger partial charge in [0.2, 0.25) is 5.82 Å². The monoisotopic (exact) mass is 581 g/mol. The fourth-order valence-corrected chi connectivity index (χ4v) is 5.79. The number of fused-ring (bicyclic) bond motifs is 1. The number of aromatic amines is 1. The van der Waals surface area contributed by atoms with Crippen molar-refractivity contribution in [2.45, 2.75) is 38.5 Å². The van der Waals surface area contributed by atoms with E-state index < -0.39 is 17.5 Å². The Hall–Kier alpha value is -3.73. The van der Waals surface area contributed by atoms with Crippen molar-refractivity contribution < 1.29 is 23.8 Å². The number of amides is 1. The highest BCUT2D eigenvalue weighted by atomic mass is 79.9. The van der Waals surface area contributed by atoms with Crippen LogP contribution in [0.5, 0.6) is 0 Å². The lowest BCUT2D eigenvalue weighted by Crippen LogP contribution is -2.41. The number of carbonyl (C=O) groups is 2. The summed E-state index contributed by atoms with van der Waals surface area (Å²) in [6.07, 6.45) is 3.83. The smallest absolute Gasteiger partial charge is 0.407 e. The van der Waals surface area contributed by atoms with Crippen molar-refractivity contribution >= 4 is 39.0 Å². The van der Waals surface area contributed by atoms with Gasteiger partial charge in [-0.15, -0.1) is 10.2 Å². The summed E-state index contributed by atoms with van der Waals surface area (Å²) in [6, 6.07) is 13.8. The van der Waals surface area contributed by atoms with Crippen LogP contribution in [0.25, 0.3) is 22.4 Å². The van der Waals surface area contributed by atoms with Crippen molar-refractivity contribution in [3.8, 4) is 11.4 Å². The minimum Gasteiger partial charge on any atom is -0.481 e. The lowest BCUT2D eigenvalue weighted by molar-refractivity contribution is -0.148. The third kappa shape index (κ3) is 5.15. The summed E-state index contributed by atoms with van der Waals surface area (Å²) in [7, 11) is 0. The van der Waals surface area contributed by atoms with Gasteiger partial charge in [0.15, 0.2) is 0 Å². The molecule has 2 unspecified atom stereocenters. The molecule has 1 fully saturated rings. The summed E-state index contributed by atoms with van der Waals surface area (Å²) >= 11 is 3.55. The molecule has 2 heterocycles. The number of nitrogens with one attached hydrogen (secondary N) is 2. The maximum absolute atomic E-state index is 12.6. The van der Waals surface area contributed by atoms with Gasteiger partial charge in [0.25, 0.3) is 0 Å². The van der Waals surface area contributed by atoms with Crippen LogP contribution < -0.4 is 5.32 Å². The normalized spacial score (nSPS) is 16.3. The number of aromatic nitrogens is 4. The maximum Gasteiger partial charge on any atom is 0.407 e. The predicted octanol–water partition coefficient (Wildman–Crippen LogP) is 5.51. The van der Waals surface area contributed by atoms with Crippen LogP contribution in [-0.2, 0) is 9.53 Å². The number of nitrogens with zero attached hydrogens (tertiary/aromatic N) is 3. The number of hydrogen-bond acceptors (Lipinski definition) is 7. The lowest BCUT2D eigenvalue weighted by Gasteiger charge is -2.27. The molecule has 0 bridgehead atoms. The van der Waals surface area contributed by atoms with E-state index in [2.05, 4.69) is 47.9 Å². The van der Waals surface area contributed by atoms with E-state index in [1.165, 1.54) is 0 Å². The Morgan fingerprint density at radius 1 is 1.24 bits per heavy atom. The summed E-state index contributed by atoms with van der Waals surface area (Å²) < 4.78 is 12.1. The van der Waals surface area contributed by atoms with E-state index in [1.807, 2.05) is 43.3 Å². The van der Waals surface area contributed by atoms with Gasteiger partial charge in [0, 0.05) is 29.3 Å². The first-order valence-electron chi connectivity index (χ1n) is 12.5. The zero-order valence-corrected chi connectivity index (χ0v) is 22.4. The first-order valence-corrected chi connectivity index (χ1v) is 13.3. The fourth-order valence-electron chi connectivity index (χ4n) is 5.39. The summed E-state index contributed by atoms with van der Waals surface area (Å²) in [6.45, 7) is 2.18. The number of aliphatic carboxylic acids is 1. The molecule has 38 heavy (non-hydrogen) atoms. The first kappa shape index (κ1) is 25.9. The molecule has 4 aromatic rings. The molecule has 10 nitrogen and oxygen atoms in total. The van der Waals surface area contributed by atoms with Crippen LogP contribution in [0.1, 0.15) is 49.7 Å². The van der Waals surface area contributed by atoms with Crippen LogP contribution in [0.3, 0.4) is 0 Å². The van der Waals surface area contributed by atoms with Crippen LogP contribution in [0.15, 0.2) is 57.6 Å². The first-order chi connectivity index (χ1) is 18.4. The molecule has 0 radical (unpaired) electrons. The molecule has 11 heteroatoms. The van der Waals surface area contributed by atoms with Gasteiger partial charge in [-0.1, -0.05) is 50.1 Å². The Morgan fingerprint density at radius 3 is 2.76 bits per heavy atom. The molecule has 5 rings (SSSR count). The Bertz CT molecular complexity index is 1430. The van der Waals surface area contributed by atoms with Crippen molar-refractivity contribution in [3.05, 3.63) is 64.3 Å². The van der Waals surface area contributed by atoms with Gasteiger partial charge in [-0.05, 0) is 57.2 Å². The molecule has 198 valence electrons. The second-order valence-electron chi connectivity index (χ2n) is 9.86. The van der Waals surface area contributed by atoms with E-state index in [-0.39, 0.29) is 25.0 Å². The van der Waals surface area contributed by atoms with Crippen LogP contribution in [0, 0.1) is 11.3 Å². The number of ether oxygens (including phenoxy) is 1. The van der Waals surface area contributed by atoms with E-state index in [9.17, 15) is 14.7 Å². The molecule has 0 aliphatic heterocycles. The highest BCUT2D eigenvalue weighted by molar-refractivity contribution is 9.10. The lowest BCUT2D eigenvalue weighted by atomic mass is 9.79. The quantitative estimate of drug-likeness (QED) is 0.234. The summed E-state index contributed by atoms with van der Waals surface area (Å²) in [4.78, 5) is 24.4. The molecule has 1 saturated carbocycles. The number of rotatable bonds is 9. The number of furan rings is 1. The van der Waals surface area contributed by atoms with Crippen LogP contribution in [0.4, 0.5) is 4.79 Å². The van der Waals surface area contributed by atoms with Crippen LogP contribution in [-0.4, -0.2) is 50.9 Å². The topological polar surface area (TPSA) is 143 Å². The minimum atomic E-state index is -0.913. The van der Waals surface area contributed by atoms with Gasteiger partial charge in [-0.25, -0.2) is 4.79 Å². The highest BCUT2D eigenvalue weighted by Crippen LogP contribution is 2.40. The van der Waals surface area contributed by atoms with E-state index in [4.69, 9.17) is 9.15 Å². The Kier molecular flexibility index (Phi) is 7.46. The molecule has 2 aromatic carbocycles. The van der Waals surface area contributed by atoms with Gasteiger partial charge in [-0.2, -0.15) is 5.21 Å². The van der Waals surface area contributed by atoms with Crippen LogP contribution >= 0.6 is 15.9 Å². The summed E-state index contributed by atoms with van der Waals surface area (Å²) in [5.41, 5.74) is 2.62. The molecule has 1 aliphatic carbocycles. The molecule has 3 N–H and O–H groups in total. The van der Waals surface area contributed by atoms with Gasteiger partial charge >= 0.3 is 12.1 Å². The van der Waals surface area contributed by atoms with Gasteiger partial charge in [0.05, 0.1) is 16.5 Å².